The third kappa shape index (κ3) is 4.06. The van der Waals surface area contributed by atoms with Crippen LogP contribution < -0.4 is 5.32 Å². The zero-order chi connectivity index (χ0) is 12.3. The molecule has 0 spiro atoms. The summed E-state index contributed by atoms with van der Waals surface area (Å²) >= 11 is 5.83. The van der Waals surface area contributed by atoms with E-state index in [1.807, 2.05) is 6.92 Å². The van der Waals surface area contributed by atoms with Crippen LogP contribution in [0.4, 0.5) is 10.5 Å². The standard InChI is InChI=1S/C11H15ClN2O2/c1-7-5-8(9(12)13-6-7)14-10(15)16-11(2,3)4/h5-6H,1-4H3,(H,14,15). The molecule has 1 aromatic heterocycles. The molecule has 0 aliphatic rings. The van der Waals surface area contributed by atoms with E-state index >= 15 is 0 Å². The Hall–Kier alpha value is -1.29. The largest absolute Gasteiger partial charge is 0.444 e. The molecule has 5 heteroatoms. The van der Waals surface area contributed by atoms with Crippen LogP contribution in [0.5, 0.6) is 0 Å². The van der Waals surface area contributed by atoms with Crippen LogP contribution >= 0.6 is 11.6 Å². The molecule has 1 N–H and O–H groups in total. The Balaban J connectivity index is 2.73. The number of amides is 1. The summed E-state index contributed by atoms with van der Waals surface area (Å²) in [5, 5.41) is 2.80. The molecule has 0 aliphatic heterocycles. The molecule has 1 aromatic rings. The van der Waals surface area contributed by atoms with Gasteiger partial charge in [0.05, 0.1) is 5.69 Å². The van der Waals surface area contributed by atoms with Crippen LogP contribution in [0.3, 0.4) is 0 Å². The molecule has 4 nitrogen and oxygen atoms in total. The second-order valence-electron chi connectivity index (χ2n) is 4.48. The summed E-state index contributed by atoms with van der Waals surface area (Å²) in [5.41, 5.74) is 0.833. The van der Waals surface area contributed by atoms with Gasteiger partial charge in [0, 0.05) is 6.20 Å². The van der Waals surface area contributed by atoms with Crippen LogP contribution in [0.1, 0.15) is 26.3 Å². The number of ether oxygens (including phenoxy) is 1. The van der Waals surface area contributed by atoms with Crippen molar-refractivity contribution in [3.63, 3.8) is 0 Å². The van der Waals surface area contributed by atoms with Gasteiger partial charge in [-0.15, -0.1) is 0 Å². The maximum absolute atomic E-state index is 11.5. The first kappa shape index (κ1) is 12.8. The van der Waals surface area contributed by atoms with Crippen LogP contribution in [0.25, 0.3) is 0 Å². The lowest BCUT2D eigenvalue weighted by molar-refractivity contribution is 0.0636. The molecule has 1 rings (SSSR count). The van der Waals surface area contributed by atoms with Gasteiger partial charge in [-0.25, -0.2) is 9.78 Å². The van der Waals surface area contributed by atoms with Gasteiger partial charge in [-0.2, -0.15) is 0 Å². The summed E-state index contributed by atoms with van der Waals surface area (Å²) in [5.74, 6) is 0. The van der Waals surface area contributed by atoms with E-state index in [2.05, 4.69) is 10.3 Å². The number of nitrogens with zero attached hydrogens (tertiary/aromatic N) is 1. The average Bonchev–Trinajstić information content (AvgIpc) is 2.08. The molecule has 0 saturated heterocycles. The highest BCUT2D eigenvalue weighted by Gasteiger charge is 2.17. The topological polar surface area (TPSA) is 51.2 Å². The average molecular weight is 243 g/mol. The highest BCUT2D eigenvalue weighted by Crippen LogP contribution is 2.20. The van der Waals surface area contributed by atoms with Crippen LogP contribution in [0.15, 0.2) is 12.3 Å². The van der Waals surface area contributed by atoms with Crippen molar-refractivity contribution < 1.29 is 9.53 Å². The second kappa shape index (κ2) is 4.70. The fourth-order valence-corrected chi connectivity index (χ4v) is 1.20. The first-order valence-corrected chi connectivity index (χ1v) is 5.28. The maximum Gasteiger partial charge on any atom is 0.412 e. The smallest absolute Gasteiger partial charge is 0.412 e. The van der Waals surface area contributed by atoms with Crippen molar-refractivity contribution >= 4 is 23.4 Å². The first-order valence-electron chi connectivity index (χ1n) is 4.90. The van der Waals surface area contributed by atoms with Crippen molar-refractivity contribution in [2.45, 2.75) is 33.3 Å². The molecule has 16 heavy (non-hydrogen) atoms. The molecule has 0 radical (unpaired) electrons. The number of rotatable bonds is 1. The number of carbonyl (C=O) groups is 1. The lowest BCUT2D eigenvalue weighted by atomic mass is 10.2. The Bertz CT molecular complexity index is 399. The van der Waals surface area contributed by atoms with E-state index in [-0.39, 0.29) is 5.15 Å². The molecule has 0 saturated carbocycles. The number of hydrogen-bond donors (Lipinski definition) is 1. The second-order valence-corrected chi connectivity index (χ2v) is 4.84. The summed E-state index contributed by atoms with van der Waals surface area (Å²) in [4.78, 5) is 15.4. The van der Waals surface area contributed by atoms with Crippen molar-refractivity contribution in [1.82, 2.24) is 4.98 Å². The van der Waals surface area contributed by atoms with Crippen LogP contribution in [-0.2, 0) is 4.74 Å². The first-order chi connectivity index (χ1) is 7.28. The van der Waals surface area contributed by atoms with Gasteiger partial charge in [-0.05, 0) is 39.3 Å². The molecule has 0 unspecified atom stereocenters. The Labute approximate surface area is 100.0 Å². The molecule has 0 atom stereocenters. The lowest BCUT2D eigenvalue weighted by Gasteiger charge is -2.19. The molecule has 88 valence electrons. The van der Waals surface area contributed by atoms with Crippen molar-refractivity contribution in [2.75, 3.05) is 5.32 Å². The number of aryl methyl sites for hydroxylation is 1. The fourth-order valence-electron chi connectivity index (χ4n) is 1.05. The number of anilines is 1. The quantitative estimate of drug-likeness (QED) is 0.768. The van der Waals surface area contributed by atoms with Gasteiger partial charge in [0.25, 0.3) is 0 Å². The van der Waals surface area contributed by atoms with E-state index in [0.717, 1.165) is 5.56 Å². The normalized spacial score (nSPS) is 11.1. The molecule has 0 aliphatic carbocycles. The fraction of sp³-hybridized carbons (Fsp3) is 0.455. The number of nitrogens with one attached hydrogen (secondary N) is 1. The third-order valence-corrected chi connectivity index (χ3v) is 1.91. The molecule has 0 aromatic carbocycles. The summed E-state index contributed by atoms with van der Waals surface area (Å²) in [6.45, 7) is 7.25. The van der Waals surface area contributed by atoms with Gasteiger partial charge in [0.15, 0.2) is 5.15 Å². The summed E-state index contributed by atoms with van der Waals surface area (Å²) in [7, 11) is 0. The highest BCUT2D eigenvalue weighted by atomic mass is 35.5. The van der Waals surface area contributed by atoms with Gasteiger partial charge in [0.2, 0.25) is 0 Å². The van der Waals surface area contributed by atoms with Crippen molar-refractivity contribution in [3.8, 4) is 0 Å². The Morgan fingerprint density at radius 2 is 2.12 bits per heavy atom. The predicted octanol–water partition coefficient (Wildman–Crippen LogP) is 3.39. The molecule has 0 fully saturated rings. The van der Waals surface area contributed by atoms with E-state index in [9.17, 15) is 4.79 Å². The summed E-state index contributed by atoms with van der Waals surface area (Å²) in [6.07, 6.45) is 1.09. The van der Waals surface area contributed by atoms with Crippen LogP contribution in [-0.4, -0.2) is 16.7 Å². The predicted molar refractivity (Wildman–Crippen MR) is 63.8 cm³/mol. The van der Waals surface area contributed by atoms with Gasteiger partial charge >= 0.3 is 6.09 Å². The summed E-state index contributed by atoms with van der Waals surface area (Å²) in [6, 6.07) is 1.74. The minimum atomic E-state index is -0.540. The van der Waals surface area contributed by atoms with E-state index in [4.69, 9.17) is 16.3 Å². The molecular weight excluding hydrogens is 228 g/mol. The number of carbonyl (C=O) groups excluding carboxylic acids is 1. The number of hydrogen-bond acceptors (Lipinski definition) is 3. The van der Waals surface area contributed by atoms with Gasteiger partial charge in [-0.3, -0.25) is 5.32 Å². The van der Waals surface area contributed by atoms with E-state index in [1.54, 1.807) is 33.0 Å². The van der Waals surface area contributed by atoms with Gasteiger partial charge in [0.1, 0.15) is 5.60 Å². The Morgan fingerprint density at radius 3 is 2.69 bits per heavy atom. The molecule has 1 amide bonds. The monoisotopic (exact) mass is 242 g/mol. The SMILES string of the molecule is Cc1cnc(Cl)c(NC(=O)OC(C)(C)C)c1. The van der Waals surface area contributed by atoms with E-state index < -0.39 is 11.7 Å². The maximum atomic E-state index is 11.5. The minimum Gasteiger partial charge on any atom is -0.444 e. The Morgan fingerprint density at radius 1 is 1.50 bits per heavy atom. The lowest BCUT2D eigenvalue weighted by Crippen LogP contribution is -2.27. The molecule has 1 heterocycles. The van der Waals surface area contributed by atoms with Crippen LogP contribution in [0.2, 0.25) is 5.15 Å². The third-order valence-electron chi connectivity index (χ3n) is 1.61. The van der Waals surface area contributed by atoms with Crippen molar-refractivity contribution in [1.29, 1.82) is 0 Å². The van der Waals surface area contributed by atoms with E-state index in [0.29, 0.717) is 5.69 Å². The number of pyridine rings is 1. The zero-order valence-corrected chi connectivity index (χ0v) is 10.6. The minimum absolute atomic E-state index is 0.247. The summed E-state index contributed by atoms with van der Waals surface area (Å²) < 4.78 is 5.10. The molecule has 0 bridgehead atoms. The van der Waals surface area contributed by atoms with Gasteiger partial charge < -0.3 is 4.74 Å². The van der Waals surface area contributed by atoms with Crippen molar-refractivity contribution in [3.05, 3.63) is 23.0 Å². The van der Waals surface area contributed by atoms with Crippen LogP contribution in [0, 0.1) is 6.92 Å². The Kier molecular flexibility index (Phi) is 3.75. The van der Waals surface area contributed by atoms with Gasteiger partial charge in [-0.1, -0.05) is 11.6 Å². The number of halogens is 1. The molecular formula is C11H15ClN2O2. The van der Waals surface area contributed by atoms with E-state index in [1.165, 1.54) is 0 Å². The number of aromatic nitrogens is 1. The zero-order valence-electron chi connectivity index (χ0n) is 9.80. The highest BCUT2D eigenvalue weighted by molar-refractivity contribution is 6.32. The van der Waals surface area contributed by atoms with Crippen molar-refractivity contribution in [2.24, 2.45) is 0 Å².